The van der Waals surface area contributed by atoms with E-state index in [1.54, 1.807) is 18.2 Å². The van der Waals surface area contributed by atoms with E-state index >= 15 is 0 Å². The number of carboxylic acids is 1. The predicted molar refractivity (Wildman–Crippen MR) is 86.5 cm³/mol. The highest BCUT2D eigenvalue weighted by Crippen LogP contribution is 2.27. The van der Waals surface area contributed by atoms with Gasteiger partial charge < -0.3 is 5.11 Å². The number of aromatic nitrogens is 2. The van der Waals surface area contributed by atoms with Crippen LogP contribution in [0.1, 0.15) is 10.4 Å². The van der Waals surface area contributed by atoms with Gasteiger partial charge in [-0.25, -0.2) is 14.8 Å². The Hall–Kier alpha value is -3.61. The van der Waals surface area contributed by atoms with E-state index in [1.807, 2.05) is 18.2 Å². The van der Waals surface area contributed by atoms with E-state index in [-0.39, 0.29) is 16.9 Å². The monoisotopic (exact) mass is 321 g/mol. The summed E-state index contributed by atoms with van der Waals surface area (Å²) in [6.45, 7) is 0. The smallest absolute Gasteiger partial charge is 0.339 e. The van der Waals surface area contributed by atoms with Gasteiger partial charge in [-0.3, -0.25) is 10.1 Å². The van der Waals surface area contributed by atoms with Gasteiger partial charge >= 0.3 is 5.97 Å². The lowest BCUT2D eigenvalue weighted by molar-refractivity contribution is -0.384. The number of nitro benzene ring substituents is 1. The minimum atomic E-state index is -1.20. The van der Waals surface area contributed by atoms with Crippen molar-refractivity contribution >= 4 is 11.7 Å². The van der Waals surface area contributed by atoms with E-state index in [1.165, 1.54) is 24.4 Å². The standard InChI is InChI=1S/C17H11N3O4/c21-17(22)14-10-18-16(11-5-2-1-3-6-11)19-15(14)12-7-4-8-13(9-12)20(23)24/h1-10H,(H,21,22). The van der Waals surface area contributed by atoms with Crippen molar-refractivity contribution < 1.29 is 14.8 Å². The first-order valence-electron chi connectivity index (χ1n) is 6.97. The van der Waals surface area contributed by atoms with E-state index in [2.05, 4.69) is 9.97 Å². The number of aromatic carboxylic acids is 1. The third-order valence-electron chi connectivity index (χ3n) is 3.38. The molecule has 2 aromatic carbocycles. The van der Waals surface area contributed by atoms with Gasteiger partial charge in [-0.1, -0.05) is 42.5 Å². The summed E-state index contributed by atoms with van der Waals surface area (Å²) in [5, 5.41) is 20.3. The average Bonchev–Trinajstić information content (AvgIpc) is 2.62. The third-order valence-corrected chi connectivity index (χ3v) is 3.38. The second-order valence-corrected chi connectivity index (χ2v) is 4.93. The van der Waals surface area contributed by atoms with E-state index in [0.717, 1.165) is 5.56 Å². The van der Waals surface area contributed by atoms with Crippen molar-refractivity contribution in [1.29, 1.82) is 0 Å². The highest BCUT2D eigenvalue weighted by Gasteiger charge is 2.18. The van der Waals surface area contributed by atoms with Crippen LogP contribution >= 0.6 is 0 Å². The summed E-state index contributed by atoms with van der Waals surface area (Å²) in [7, 11) is 0. The van der Waals surface area contributed by atoms with Crippen LogP contribution in [0, 0.1) is 10.1 Å². The number of hydrogen-bond acceptors (Lipinski definition) is 5. The van der Waals surface area contributed by atoms with Gasteiger partial charge in [0, 0.05) is 29.5 Å². The Labute approximate surface area is 136 Å². The Kier molecular flexibility index (Phi) is 3.98. The molecule has 0 saturated carbocycles. The van der Waals surface area contributed by atoms with Gasteiger partial charge in [-0.05, 0) is 0 Å². The van der Waals surface area contributed by atoms with Crippen LogP contribution in [0.15, 0.2) is 60.8 Å². The van der Waals surface area contributed by atoms with Crippen molar-refractivity contribution in [2.45, 2.75) is 0 Å². The van der Waals surface area contributed by atoms with Crippen molar-refractivity contribution in [3.63, 3.8) is 0 Å². The fourth-order valence-electron chi connectivity index (χ4n) is 2.25. The molecule has 7 nitrogen and oxygen atoms in total. The summed E-state index contributed by atoms with van der Waals surface area (Å²) >= 11 is 0. The second-order valence-electron chi connectivity index (χ2n) is 4.93. The summed E-state index contributed by atoms with van der Waals surface area (Å²) in [5.74, 6) is -0.849. The average molecular weight is 321 g/mol. The molecule has 0 unspecified atom stereocenters. The van der Waals surface area contributed by atoms with Crippen molar-refractivity contribution in [2.75, 3.05) is 0 Å². The lowest BCUT2D eigenvalue weighted by atomic mass is 10.1. The Balaban J connectivity index is 2.19. The lowest BCUT2D eigenvalue weighted by Crippen LogP contribution is -2.04. The molecule has 24 heavy (non-hydrogen) atoms. The van der Waals surface area contributed by atoms with Gasteiger partial charge in [0.2, 0.25) is 0 Å². The molecule has 0 aliphatic heterocycles. The number of carbonyl (C=O) groups is 1. The largest absolute Gasteiger partial charge is 0.478 e. The van der Waals surface area contributed by atoms with Gasteiger partial charge in [0.1, 0.15) is 5.56 Å². The first kappa shape index (κ1) is 15.3. The molecule has 0 aliphatic carbocycles. The van der Waals surface area contributed by atoms with Crippen LogP contribution < -0.4 is 0 Å². The highest BCUT2D eigenvalue weighted by atomic mass is 16.6. The fourth-order valence-corrected chi connectivity index (χ4v) is 2.25. The zero-order chi connectivity index (χ0) is 17.1. The number of hydrogen-bond donors (Lipinski definition) is 1. The van der Waals surface area contributed by atoms with E-state index in [0.29, 0.717) is 11.4 Å². The van der Waals surface area contributed by atoms with Crippen LogP contribution in [-0.2, 0) is 0 Å². The molecule has 0 amide bonds. The summed E-state index contributed by atoms with van der Waals surface area (Å²) in [5.41, 5.74) is 0.959. The van der Waals surface area contributed by atoms with Crippen molar-refractivity contribution in [3.05, 3.63) is 76.5 Å². The maximum absolute atomic E-state index is 11.4. The van der Waals surface area contributed by atoms with Crippen LogP contribution in [0.5, 0.6) is 0 Å². The molecule has 7 heteroatoms. The van der Waals surface area contributed by atoms with Crippen LogP contribution in [0.25, 0.3) is 22.6 Å². The number of nitrogens with zero attached hydrogens (tertiary/aromatic N) is 3. The van der Waals surface area contributed by atoms with Gasteiger partial charge in [0.25, 0.3) is 5.69 Å². The Bertz CT molecular complexity index is 926. The van der Waals surface area contributed by atoms with Gasteiger partial charge in [0.15, 0.2) is 5.82 Å². The SMILES string of the molecule is O=C(O)c1cnc(-c2ccccc2)nc1-c1cccc([N+](=O)[O-])c1. The number of benzene rings is 2. The highest BCUT2D eigenvalue weighted by molar-refractivity contribution is 5.95. The summed E-state index contributed by atoms with van der Waals surface area (Å²) in [6, 6.07) is 14.8. The van der Waals surface area contributed by atoms with Gasteiger partial charge in [0.05, 0.1) is 10.6 Å². The van der Waals surface area contributed by atoms with Crippen LogP contribution in [-0.4, -0.2) is 26.0 Å². The number of rotatable bonds is 4. The first-order valence-corrected chi connectivity index (χ1v) is 6.97. The molecular weight excluding hydrogens is 310 g/mol. The van der Waals surface area contributed by atoms with Crippen molar-refractivity contribution in [3.8, 4) is 22.6 Å². The molecule has 1 aromatic heterocycles. The molecule has 0 atom stereocenters. The zero-order valence-corrected chi connectivity index (χ0v) is 12.3. The van der Waals surface area contributed by atoms with E-state index in [4.69, 9.17) is 0 Å². The summed E-state index contributed by atoms with van der Waals surface area (Å²) in [6.07, 6.45) is 1.21. The Morgan fingerprint density at radius 1 is 1.04 bits per heavy atom. The lowest BCUT2D eigenvalue weighted by Gasteiger charge is -2.08. The van der Waals surface area contributed by atoms with E-state index < -0.39 is 10.9 Å². The second kappa shape index (κ2) is 6.25. The fraction of sp³-hybridized carbons (Fsp3) is 0. The molecule has 0 fully saturated rings. The maximum atomic E-state index is 11.4. The quantitative estimate of drug-likeness (QED) is 0.583. The number of nitro groups is 1. The van der Waals surface area contributed by atoms with Crippen LogP contribution in [0.4, 0.5) is 5.69 Å². The maximum Gasteiger partial charge on any atom is 0.339 e. The molecule has 0 spiro atoms. The number of non-ortho nitro benzene ring substituents is 1. The molecule has 0 saturated heterocycles. The molecule has 3 aromatic rings. The minimum Gasteiger partial charge on any atom is -0.478 e. The molecular formula is C17H11N3O4. The molecule has 3 rings (SSSR count). The summed E-state index contributed by atoms with van der Waals surface area (Å²) < 4.78 is 0. The van der Waals surface area contributed by atoms with Crippen molar-refractivity contribution in [1.82, 2.24) is 9.97 Å². The summed E-state index contributed by atoms with van der Waals surface area (Å²) in [4.78, 5) is 30.3. The normalized spacial score (nSPS) is 10.3. The Morgan fingerprint density at radius 3 is 2.42 bits per heavy atom. The van der Waals surface area contributed by atoms with Crippen LogP contribution in [0.2, 0.25) is 0 Å². The minimum absolute atomic E-state index is 0.116. The molecule has 118 valence electrons. The predicted octanol–water partition coefficient (Wildman–Crippen LogP) is 3.42. The molecule has 0 aliphatic rings. The topological polar surface area (TPSA) is 106 Å². The van der Waals surface area contributed by atoms with Gasteiger partial charge in [-0.15, -0.1) is 0 Å². The van der Waals surface area contributed by atoms with Crippen molar-refractivity contribution in [2.24, 2.45) is 0 Å². The third kappa shape index (κ3) is 2.95. The molecule has 1 N–H and O–H groups in total. The first-order chi connectivity index (χ1) is 11.6. The number of carboxylic acid groups (broad SMARTS) is 1. The molecule has 0 radical (unpaired) electrons. The molecule has 1 heterocycles. The van der Waals surface area contributed by atoms with E-state index in [9.17, 15) is 20.0 Å². The van der Waals surface area contributed by atoms with Crippen LogP contribution in [0.3, 0.4) is 0 Å². The Morgan fingerprint density at radius 2 is 1.75 bits per heavy atom. The zero-order valence-electron chi connectivity index (χ0n) is 12.3. The molecule has 0 bridgehead atoms. The van der Waals surface area contributed by atoms with Gasteiger partial charge in [-0.2, -0.15) is 0 Å².